The number of hydrogen-bond acceptors (Lipinski definition) is 3. The first-order chi connectivity index (χ1) is 17.3. The Hall–Kier alpha value is -3.51. The number of hydrogen-bond donors (Lipinski definition) is 1. The molecule has 1 N–H and O–H groups in total. The molecule has 3 aromatic carbocycles. The average Bonchev–Trinajstić information content (AvgIpc) is 3.21. The summed E-state index contributed by atoms with van der Waals surface area (Å²) >= 11 is 0. The fraction of sp³-hybridized carbons (Fsp3) is 0.233. The van der Waals surface area contributed by atoms with Crippen LogP contribution in [0.4, 0.5) is 0 Å². The SMILES string of the molecule is COCCOCCn1c2ccccc2c2cc(/C=C/c3cc[n+](CCO)c4ccccc34)ccc21. The van der Waals surface area contributed by atoms with Gasteiger partial charge >= 0.3 is 0 Å². The van der Waals surface area contributed by atoms with Gasteiger partial charge in [0.05, 0.1) is 25.2 Å². The quantitative estimate of drug-likeness (QED) is 0.231. The normalized spacial score (nSPS) is 11.9. The molecule has 0 spiro atoms. The van der Waals surface area contributed by atoms with Crippen molar-refractivity contribution in [2.75, 3.05) is 33.5 Å². The number of aliphatic hydroxyl groups excluding tert-OH is 1. The van der Waals surface area contributed by atoms with Gasteiger partial charge in [-0.3, -0.25) is 0 Å². The molecule has 5 nitrogen and oxygen atoms in total. The van der Waals surface area contributed by atoms with Crippen molar-refractivity contribution in [2.45, 2.75) is 13.1 Å². The van der Waals surface area contributed by atoms with E-state index in [-0.39, 0.29) is 6.61 Å². The fourth-order valence-electron chi connectivity index (χ4n) is 4.76. The van der Waals surface area contributed by atoms with E-state index in [0.717, 1.165) is 23.2 Å². The lowest BCUT2D eigenvalue weighted by molar-refractivity contribution is -0.672. The second kappa shape index (κ2) is 10.8. The molecule has 2 heterocycles. The maximum absolute atomic E-state index is 9.40. The molecular weight excluding hydrogens is 436 g/mol. The number of benzene rings is 3. The van der Waals surface area contributed by atoms with Crippen molar-refractivity contribution in [1.29, 1.82) is 0 Å². The summed E-state index contributed by atoms with van der Waals surface area (Å²) in [5.74, 6) is 0. The molecular formula is C30H31N2O3+. The van der Waals surface area contributed by atoms with Gasteiger partial charge in [-0.15, -0.1) is 0 Å². The molecule has 0 aliphatic heterocycles. The lowest BCUT2D eigenvalue weighted by Gasteiger charge is -2.08. The monoisotopic (exact) mass is 467 g/mol. The number of para-hydroxylation sites is 2. The Morgan fingerprint density at radius 1 is 0.829 bits per heavy atom. The molecule has 0 saturated heterocycles. The molecule has 5 aromatic rings. The first-order valence-electron chi connectivity index (χ1n) is 12.1. The highest BCUT2D eigenvalue weighted by atomic mass is 16.5. The van der Waals surface area contributed by atoms with Crippen LogP contribution in [-0.4, -0.2) is 43.2 Å². The summed E-state index contributed by atoms with van der Waals surface area (Å²) in [5, 5.41) is 13.1. The van der Waals surface area contributed by atoms with Crippen LogP contribution in [0.5, 0.6) is 0 Å². The Morgan fingerprint density at radius 3 is 2.49 bits per heavy atom. The van der Waals surface area contributed by atoms with Crippen LogP contribution in [0.2, 0.25) is 0 Å². The van der Waals surface area contributed by atoms with E-state index in [9.17, 15) is 5.11 Å². The minimum atomic E-state index is 0.122. The lowest BCUT2D eigenvalue weighted by atomic mass is 10.1. The van der Waals surface area contributed by atoms with Crippen molar-refractivity contribution in [1.82, 2.24) is 4.57 Å². The molecule has 0 saturated carbocycles. The van der Waals surface area contributed by atoms with E-state index in [1.165, 1.54) is 27.2 Å². The molecule has 178 valence electrons. The zero-order valence-electron chi connectivity index (χ0n) is 20.1. The number of fused-ring (bicyclic) bond motifs is 4. The standard InChI is InChI=1S/C30H31N2O3/c1-34-20-21-35-19-17-32-29-9-5-3-7-26(29)27-22-23(11-13-30(27)32)10-12-24-14-15-31(16-18-33)28-8-4-2-6-25(24)28/h2-15,22,33H,16-21H2,1H3/q+1. The lowest BCUT2D eigenvalue weighted by Crippen LogP contribution is -2.36. The Labute approximate surface area is 205 Å². The molecule has 0 radical (unpaired) electrons. The van der Waals surface area contributed by atoms with Gasteiger partial charge in [0.15, 0.2) is 12.7 Å². The molecule has 5 heteroatoms. The summed E-state index contributed by atoms with van der Waals surface area (Å²) < 4.78 is 15.3. The topological polar surface area (TPSA) is 47.5 Å². The molecule has 0 fully saturated rings. The van der Waals surface area contributed by atoms with Crippen molar-refractivity contribution in [2.24, 2.45) is 0 Å². The van der Waals surface area contributed by atoms with Gasteiger partial charge in [0.1, 0.15) is 6.61 Å². The van der Waals surface area contributed by atoms with Crippen LogP contribution in [0.3, 0.4) is 0 Å². The number of pyridine rings is 1. The van der Waals surface area contributed by atoms with E-state index in [4.69, 9.17) is 9.47 Å². The number of rotatable bonds is 10. The first-order valence-corrected chi connectivity index (χ1v) is 12.1. The van der Waals surface area contributed by atoms with Gasteiger partial charge in [0.25, 0.3) is 0 Å². The summed E-state index contributed by atoms with van der Waals surface area (Å²) in [7, 11) is 1.69. The van der Waals surface area contributed by atoms with Gasteiger partial charge in [0, 0.05) is 47.6 Å². The van der Waals surface area contributed by atoms with Crippen molar-refractivity contribution in [3.8, 4) is 0 Å². The van der Waals surface area contributed by atoms with E-state index in [2.05, 4.69) is 88.0 Å². The van der Waals surface area contributed by atoms with Crippen LogP contribution < -0.4 is 4.57 Å². The minimum absolute atomic E-state index is 0.122. The summed E-state index contributed by atoms with van der Waals surface area (Å²) in [6.07, 6.45) is 6.40. The molecule has 2 aromatic heterocycles. The van der Waals surface area contributed by atoms with E-state index in [1.807, 2.05) is 12.3 Å². The van der Waals surface area contributed by atoms with Crippen molar-refractivity contribution < 1.29 is 19.1 Å². The third kappa shape index (κ3) is 4.84. The second-order valence-electron chi connectivity index (χ2n) is 8.59. The van der Waals surface area contributed by atoms with Crippen LogP contribution in [-0.2, 0) is 22.6 Å². The maximum atomic E-state index is 9.40. The fourth-order valence-corrected chi connectivity index (χ4v) is 4.76. The van der Waals surface area contributed by atoms with Crippen LogP contribution in [0.25, 0.3) is 44.9 Å². The van der Waals surface area contributed by atoms with E-state index in [1.54, 1.807) is 7.11 Å². The third-order valence-corrected chi connectivity index (χ3v) is 6.44. The summed E-state index contributed by atoms with van der Waals surface area (Å²) in [4.78, 5) is 0. The number of aromatic nitrogens is 2. The number of aliphatic hydroxyl groups is 1. The highest BCUT2D eigenvalue weighted by Crippen LogP contribution is 2.30. The molecule has 35 heavy (non-hydrogen) atoms. The highest BCUT2D eigenvalue weighted by Gasteiger charge is 2.12. The van der Waals surface area contributed by atoms with E-state index < -0.39 is 0 Å². The Bertz CT molecular complexity index is 1490. The number of methoxy groups -OCH3 is 1. The summed E-state index contributed by atoms with van der Waals surface area (Å²) in [6.45, 7) is 3.38. The molecule has 0 amide bonds. The van der Waals surface area contributed by atoms with Gasteiger partial charge < -0.3 is 19.1 Å². The van der Waals surface area contributed by atoms with Crippen molar-refractivity contribution in [3.05, 3.63) is 90.1 Å². The molecule has 0 bridgehead atoms. The van der Waals surface area contributed by atoms with Crippen molar-refractivity contribution >= 4 is 44.9 Å². The third-order valence-electron chi connectivity index (χ3n) is 6.44. The predicted molar refractivity (Wildman–Crippen MR) is 142 cm³/mol. The molecule has 0 unspecified atom stereocenters. The zero-order valence-corrected chi connectivity index (χ0v) is 20.1. The molecule has 0 atom stereocenters. The minimum Gasteiger partial charge on any atom is -0.390 e. The van der Waals surface area contributed by atoms with Gasteiger partial charge in [-0.2, -0.15) is 4.57 Å². The molecule has 0 aliphatic carbocycles. The molecule has 5 rings (SSSR count). The first kappa shape index (κ1) is 23.2. The maximum Gasteiger partial charge on any atom is 0.213 e. The largest absolute Gasteiger partial charge is 0.390 e. The van der Waals surface area contributed by atoms with Crippen LogP contribution in [0.1, 0.15) is 11.1 Å². The predicted octanol–water partition coefficient (Wildman–Crippen LogP) is 5.06. The van der Waals surface area contributed by atoms with Gasteiger partial charge in [-0.1, -0.05) is 48.6 Å². The smallest absolute Gasteiger partial charge is 0.213 e. The van der Waals surface area contributed by atoms with E-state index >= 15 is 0 Å². The van der Waals surface area contributed by atoms with Crippen LogP contribution >= 0.6 is 0 Å². The zero-order chi connectivity index (χ0) is 24.0. The van der Waals surface area contributed by atoms with Gasteiger partial charge in [-0.25, -0.2) is 0 Å². The Morgan fingerprint density at radius 2 is 1.63 bits per heavy atom. The summed E-state index contributed by atoms with van der Waals surface area (Å²) in [5.41, 5.74) is 5.88. The highest BCUT2D eigenvalue weighted by molar-refractivity contribution is 6.08. The van der Waals surface area contributed by atoms with Crippen LogP contribution in [0, 0.1) is 0 Å². The average molecular weight is 468 g/mol. The number of nitrogens with zero attached hydrogens (tertiary/aromatic N) is 2. The van der Waals surface area contributed by atoms with Crippen LogP contribution in [0.15, 0.2) is 79.0 Å². The summed E-state index contributed by atoms with van der Waals surface area (Å²) in [6, 6.07) is 25.7. The Balaban J connectivity index is 1.48. The molecule has 0 aliphatic rings. The van der Waals surface area contributed by atoms with E-state index in [0.29, 0.717) is 26.4 Å². The Kier molecular flexibility index (Phi) is 7.19. The van der Waals surface area contributed by atoms with Crippen molar-refractivity contribution in [3.63, 3.8) is 0 Å². The number of ether oxygens (including phenoxy) is 2. The van der Waals surface area contributed by atoms with Gasteiger partial charge in [-0.05, 0) is 35.4 Å². The second-order valence-corrected chi connectivity index (χ2v) is 8.59. The van der Waals surface area contributed by atoms with Gasteiger partial charge in [0.2, 0.25) is 5.52 Å².